The van der Waals surface area contributed by atoms with Crippen molar-refractivity contribution in [3.8, 4) is 0 Å². The van der Waals surface area contributed by atoms with Crippen LogP contribution in [0.15, 0.2) is 18.2 Å². The van der Waals surface area contributed by atoms with Gasteiger partial charge in [-0.05, 0) is 38.0 Å². The van der Waals surface area contributed by atoms with Crippen molar-refractivity contribution in [3.05, 3.63) is 35.4 Å². The Morgan fingerprint density at radius 3 is 2.50 bits per heavy atom. The van der Waals surface area contributed by atoms with Gasteiger partial charge in [-0.2, -0.15) is 0 Å². The third-order valence-corrected chi connectivity index (χ3v) is 8.45. The number of carbonyl (C=O) groups is 3. The second-order valence-corrected chi connectivity index (χ2v) is 11.5. The molecule has 7 atom stereocenters. The SMILES string of the molecule is CC(C)N1C[C@@H]2C[C@H]1C(=O)N1CCN(Cc3ccc(F)c(F)c3)[C@@H](C1)C(=O)NC[C@H]1O[C@@H](CC(=O)N2)[C@H](O)[C@@H]1O. The van der Waals surface area contributed by atoms with Gasteiger partial charge in [0.2, 0.25) is 17.7 Å². The second kappa shape index (κ2) is 11.6. The van der Waals surface area contributed by atoms with E-state index in [1.54, 1.807) is 4.90 Å². The summed E-state index contributed by atoms with van der Waals surface area (Å²) in [5.41, 5.74) is 0.486. The first-order valence-corrected chi connectivity index (χ1v) is 13.8. The number of likely N-dealkylation sites (tertiary alicyclic amines) is 1. The molecule has 0 aliphatic carbocycles. The number of rotatable bonds is 3. The van der Waals surface area contributed by atoms with Gasteiger partial charge < -0.3 is 30.5 Å². The standard InChI is InChI=1S/C27H37F2N5O6/c1-14(2)34-12-16-8-19(34)27(39)33-6-5-32(11-15-3-4-17(28)18(29)7-15)20(13-33)26(38)30-10-22-25(37)24(36)21(40-22)9-23(35)31-16/h3-4,7,14,16,19-22,24-25,36-37H,5-6,8-13H2,1-2H3,(H,30,38)(H,31,35)/t16-,19-,20-,21-,22+,24-,25+/m0/s1. The Bertz CT molecular complexity index is 1140. The van der Waals surface area contributed by atoms with Crippen LogP contribution in [0.25, 0.3) is 0 Å². The molecule has 13 heteroatoms. The van der Waals surface area contributed by atoms with E-state index in [0.717, 1.165) is 12.1 Å². The predicted octanol–water partition coefficient (Wildman–Crippen LogP) is -1.05. The number of amides is 3. The molecule has 0 radical (unpaired) electrons. The van der Waals surface area contributed by atoms with Crippen molar-refractivity contribution >= 4 is 17.7 Å². The summed E-state index contributed by atoms with van der Waals surface area (Å²) < 4.78 is 33.2. The highest BCUT2D eigenvalue weighted by Crippen LogP contribution is 2.27. The summed E-state index contributed by atoms with van der Waals surface area (Å²) in [6, 6.07) is 2.05. The molecule has 0 spiro atoms. The van der Waals surface area contributed by atoms with E-state index < -0.39 is 54.0 Å². The molecule has 4 aliphatic rings. The van der Waals surface area contributed by atoms with Crippen LogP contribution in [-0.2, 0) is 25.7 Å². The van der Waals surface area contributed by atoms with Crippen molar-refractivity contribution < 1.29 is 38.1 Å². The number of piperazine rings is 1. The Morgan fingerprint density at radius 1 is 1.02 bits per heavy atom. The maximum atomic E-state index is 13.9. The van der Waals surface area contributed by atoms with Gasteiger partial charge in [-0.1, -0.05) is 6.07 Å². The van der Waals surface area contributed by atoms with Gasteiger partial charge in [0.05, 0.1) is 18.6 Å². The summed E-state index contributed by atoms with van der Waals surface area (Å²) in [6.07, 6.45) is -4.26. The van der Waals surface area contributed by atoms with Crippen molar-refractivity contribution in [2.45, 2.75) is 81.8 Å². The summed E-state index contributed by atoms with van der Waals surface area (Å²) in [6.45, 7) is 5.21. The van der Waals surface area contributed by atoms with Crippen molar-refractivity contribution in [1.82, 2.24) is 25.3 Å². The summed E-state index contributed by atoms with van der Waals surface area (Å²) in [5.74, 6) is -2.84. The smallest absolute Gasteiger partial charge is 0.240 e. The first kappa shape index (κ1) is 28.8. The lowest BCUT2D eigenvalue weighted by atomic mass is 10.0. The lowest BCUT2D eigenvalue weighted by Crippen LogP contribution is -2.62. The van der Waals surface area contributed by atoms with Gasteiger partial charge in [-0.15, -0.1) is 0 Å². The minimum absolute atomic E-state index is 0.0302. The van der Waals surface area contributed by atoms with Crippen LogP contribution in [0.1, 0.15) is 32.3 Å². The van der Waals surface area contributed by atoms with Gasteiger partial charge in [0.1, 0.15) is 24.4 Å². The monoisotopic (exact) mass is 565 g/mol. The Hall–Kier alpha value is -2.71. The van der Waals surface area contributed by atoms with Crippen LogP contribution in [0, 0.1) is 11.6 Å². The molecule has 1 aromatic rings. The van der Waals surface area contributed by atoms with Crippen LogP contribution in [0.4, 0.5) is 8.78 Å². The van der Waals surface area contributed by atoms with Gasteiger partial charge >= 0.3 is 0 Å². The quantitative estimate of drug-likeness (QED) is 0.365. The van der Waals surface area contributed by atoms with Gasteiger partial charge in [-0.25, -0.2) is 8.78 Å². The van der Waals surface area contributed by atoms with E-state index in [0.29, 0.717) is 31.6 Å². The Morgan fingerprint density at radius 2 is 1.77 bits per heavy atom. The minimum Gasteiger partial charge on any atom is -0.388 e. The molecule has 4 N–H and O–H groups in total. The summed E-state index contributed by atoms with van der Waals surface area (Å²) >= 11 is 0. The van der Waals surface area contributed by atoms with E-state index in [1.807, 2.05) is 23.6 Å². The summed E-state index contributed by atoms with van der Waals surface area (Å²) in [4.78, 5) is 45.6. The molecule has 0 saturated carbocycles. The lowest BCUT2D eigenvalue weighted by molar-refractivity contribution is -0.143. The van der Waals surface area contributed by atoms with E-state index >= 15 is 0 Å². The highest BCUT2D eigenvalue weighted by atomic mass is 19.2. The summed E-state index contributed by atoms with van der Waals surface area (Å²) in [5, 5.41) is 26.8. The number of ether oxygens (including phenoxy) is 1. The largest absolute Gasteiger partial charge is 0.388 e. The maximum Gasteiger partial charge on any atom is 0.240 e. The molecule has 5 rings (SSSR count). The molecule has 4 saturated heterocycles. The number of carbonyl (C=O) groups excluding carboxylic acids is 3. The zero-order valence-corrected chi connectivity index (χ0v) is 22.6. The lowest BCUT2D eigenvalue weighted by Gasteiger charge is -2.42. The van der Waals surface area contributed by atoms with E-state index in [-0.39, 0.29) is 50.0 Å². The van der Waals surface area contributed by atoms with Crippen LogP contribution in [0.3, 0.4) is 0 Å². The van der Waals surface area contributed by atoms with Crippen molar-refractivity contribution in [3.63, 3.8) is 0 Å². The molecule has 40 heavy (non-hydrogen) atoms. The van der Waals surface area contributed by atoms with Crippen LogP contribution in [0.2, 0.25) is 0 Å². The zero-order valence-electron chi connectivity index (χ0n) is 22.6. The topological polar surface area (TPSA) is 135 Å². The van der Waals surface area contributed by atoms with Crippen LogP contribution >= 0.6 is 0 Å². The van der Waals surface area contributed by atoms with Gasteiger partial charge in [-0.3, -0.25) is 24.2 Å². The molecular formula is C27H37F2N5O6. The fraction of sp³-hybridized carbons (Fsp3) is 0.667. The highest BCUT2D eigenvalue weighted by molar-refractivity contribution is 5.86. The molecule has 220 valence electrons. The van der Waals surface area contributed by atoms with E-state index in [9.17, 15) is 33.4 Å². The fourth-order valence-electron chi connectivity index (χ4n) is 6.27. The number of hydrogen-bond acceptors (Lipinski definition) is 8. The fourth-order valence-corrected chi connectivity index (χ4v) is 6.27. The average Bonchev–Trinajstić information content (AvgIpc) is 3.45. The molecule has 6 bridgehead atoms. The molecule has 11 nitrogen and oxygen atoms in total. The van der Waals surface area contributed by atoms with Crippen molar-refractivity contribution in [2.75, 3.05) is 32.7 Å². The third kappa shape index (κ3) is 5.84. The summed E-state index contributed by atoms with van der Waals surface area (Å²) in [7, 11) is 0. The highest BCUT2D eigenvalue weighted by Gasteiger charge is 2.46. The average molecular weight is 566 g/mol. The van der Waals surface area contributed by atoms with Crippen LogP contribution in [0.5, 0.6) is 0 Å². The molecule has 3 amide bonds. The van der Waals surface area contributed by atoms with E-state index in [2.05, 4.69) is 10.6 Å². The molecule has 1 aromatic carbocycles. The van der Waals surface area contributed by atoms with Gasteiger partial charge in [0.25, 0.3) is 0 Å². The molecule has 4 fully saturated rings. The molecule has 0 unspecified atom stereocenters. The number of nitrogens with one attached hydrogen (secondary N) is 2. The number of benzene rings is 1. The number of nitrogens with zero attached hydrogens (tertiary/aromatic N) is 3. The Labute approximate surface area is 231 Å². The van der Waals surface area contributed by atoms with Crippen molar-refractivity contribution in [1.29, 1.82) is 0 Å². The van der Waals surface area contributed by atoms with Gasteiger partial charge in [0, 0.05) is 51.4 Å². The van der Waals surface area contributed by atoms with Crippen LogP contribution in [-0.4, -0.2) is 124 Å². The van der Waals surface area contributed by atoms with Crippen molar-refractivity contribution in [2.24, 2.45) is 0 Å². The minimum atomic E-state index is -1.30. The number of aliphatic hydroxyl groups is 2. The van der Waals surface area contributed by atoms with E-state index in [4.69, 9.17) is 4.74 Å². The number of fused-ring (bicyclic) bond motifs is 6. The normalized spacial score (nSPS) is 34.3. The molecule has 4 aliphatic heterocycles. The Balaban J connectivity index is 1.42. The van der Waals surface area contributed by atoms with Gasteiger partial charge in [0.15, 0.2) is 11.6 Å². The molecule has 0 aromatic heterocycles. The maximum absolute atomic E-state index is 13.9. The number of halogens is 2. The number of hydrogen-bond donors (Lipinski definition) is 4. The van der Waals surface area contributed by atoms with Crippen LogP contribution < -0.4 is 10.6 Å². The van der Waals surface area contributed by atoms with E-state index in [1.165, 1.54) is 6.07 Å². The molecule has 4 heterocycles. The second-order valence-electron chi connectivity index (χ2n) is 11.5. The molecular weight excluding hydrogens is 528 g/mol. The first-order chi connectivity index (χ1) is 19.0. The first-order valence-electron chi connectivity index (χ1n) is 13.8. The third-order valence-electron chi connectivity index (χ3n) is 8.45. The Kier molecular flexibility index (Phi) is 8.39. The zero-order chi connectivity index (χ0) is 28.7. The number of aliphatic hydroxyl groups excluding tert-OH is 2. The predicted molar refractivity (Wildman–Crippen MR) is 138 cm³/mol.